The lowest BCUT2D eigenvalue weighted by Crippen LogP contribution is -2.47. The van der Waals surface area contributed by atoms with Crippen LogP contribution in [0.2, 0.25) is 0 Å². The topological polar surface area (TPSA) is 73.7 Å². The Balaban J connectivity index is 2.21. The summed E-state index contributed by atoms with van der Waals surface area (Å²) in [5.41, 5.74) is -0.0176. The first-order chi connectivity index (χ1) is 8.59. The second-order valence-electron chi connectivity index (χ2n) is 4.30. The van der Waals surface area contributed by atoms with E-state index in [9.17, 15) is 9.59 Å². The molecular formula is C12H15N3O3. The Morgan fingerprint density at radius 3 is 2.56 bits per heavy atom. The Bertz CT molecular complexity index is 467. The van der Waals surface area contributed by atoms with Crippen molar-refractivity contribution in [3.63, 3.8) is 0 Å². The first kappa shape index (κ1) is 12.5. The van der Waals surface area contributed by atoms with Crippen molar-refractivity contribution in [2.24, 2.45) is 0 Å². The zero-order chi connectivity index (χ0) is 13.1. The van der Waals surface area contributed by atoms with Crippen molar-refractivity contribution in [3.8, 4) is 0 Å². The van der Waals surface area contributed by atoms with Gasteiger partial charge in [-0.05, 0) is 19.2 Å². The molecule has 6 heteroatoms. The number of aromatic nitrogens is 1. The summed E-state index contributed by atoms with van der Waals surface area (Å²) < 4.78 is 0. The molecule has 1 aliphatic heterocycles. The van der Waals surface area contributed by atoms with E-state index in [1.165, 1.54) is 18.3 Å². The molecule has 1 saturated heterocycles. The lowest BCUT2D eigenvalue weighted by molar-refractivity contribution is 0.0630. The number of amides is 1. The standard InChI is InChI=1S/C12H15N3O3/c1-14-5-7-15(8-6-14)11(16)10-9(12(17)18)3-2-4-13-10/h2-4H,5-8H2,1H3,(H,17,18). The summed E-state index contributed by atoms with van der Waals surface area (Å²) in [6, 6.07) is 2.92. The number of carbonyl (C=O) groups excluding carboxylic acids is 1. The first-order valence-electron chi connectivity index (χ1n) is 5.75. The van der Waals surface area contributed by atoms with E-state index in [0.717, 1.165) is 13.1 Å². The molecule has 1 aromatic rings. The van der Waals surface area contributed by atoms with Gasteiger partial charge in [-0.25, -0.2) is 4.79 Å². The van der Waals surface area contributed by atoms with Crippen LogP contribution in [0.25, 0.3) is 0 Å². The smallest absolute Gasteiger partial charge is 0.338 e. The summed E-state index contributed by atoms with van der Waals surface area (Å²) in [5.74, 6) is -1.43. The minimum Gasteiger partial charge on any atom is -0.478 e. The molecule has 0 aromatic carbocycles. The average molecular weight is 249 g/mol. The van der Waals surface area contributed by atoms with E-state index in [4.69, 9.17) is 5.11 Å². The molecule has 0 unspecified atom stereocenters. The highest BCUT2D eigenvalue weighted by atomic mass is 16.4. The predicted molar refractivity (Wildman–Crippen MR) is 64.6 cm³/mol. The highest BCUT2D eigenvalue weighted by molar-refractivity contribution is 6.03. The number of aromatic carboxylic acids is 1. The fourth-order valence-corrected chi connectivity index (χ4v) is 1.91. The molecule has 1 fully saturated rings. The number of likely N-dealkylation sites (N-methyl/N-ethyl adjacent to an activating group) is 1. The van der Waals surface area contributed by atoms with Gasteiger partial charge >= 0.3 is 5.97 Å². The van der Waals surface area contributed by atoms with Crippen LogP contribution in [0.1, 0.15) is 20.8 Å². The summed E-state index contributed by atoms with van der Waals surface area (Å²) >= 11 is 0. The first-order valence-corrected chi connectivity index (χ1v) is 5.75. The maximum absolute atomic E-state index is 12.2. The van der Waals surface area contributed by atoms with Crippen LogP contribution in [0, 0.1) is 0 Å². The Hall–Kier alpha value is -1.95. The minimum atomic E-state index is -1.12. The van der Waals surface area contributed by atoms with E-state index in [0.29, 0.717) is 13.1 Å². The quantitative estimate of drug-likeness (QED) is 0.808. The van der Waals surface area contributed by atoms with Gasteiger partial charge in [0, 0.05) is 32.4 Å². The van der Waals surface area contributed by atoms with Gasteiger partial charge in [0.25, 0.3) is 5.91 Å². The summed E-state index contributed by atoms with van der Waals surface area (Å²) in [6.07, 6.45) is 1.44. The van der Waals surface area contributed by atoms with Crippen LogP contribution in [-0.2, 0) is 0 Å². The van der Waals surface area contributed by atoms with Gasteiger partial charge in [0.2, 0.25) is 0 Å². The maximum Gasteiger partial charge on any atom is 0.338 e. The van der Waals surface area contributed by atoms with Crippen LogP contribution in [0.4, 0.5) is 0 Å². The number of pyridine rings is 1. The second-order valence-corrected chi connectivity index (χ2v) is 4.30. The SMILES string of the molecule is CN1CCN(C(=O)c2ncccc2C(=O)O)CC1. The predicted octanol–water partition coefficient (Wildman–Crippen LogP) is 0.167. The van der Waals surface area contributed by atoms with Crippen molar-refractivity contribution in [1.82, 2.24) is 14.8 Å². The van der Waals surface area contributed by atoms with Crippen molar-refractivity contribution in [2.75, 3.05) is 33.2 Å². The Labute approximate surface area is 105 Å². The molecule has 0 bridgehead atoms. The molecule has 96 valence electrons. The van der Waals surface area contributed by atoms with Gasteiger partial charge in [0.1, 0.15) is 5.69 Å². The van der Waals surface area contributed by atoms with Crippen LogP contribution in [0.5, 0.6) is 0 Å². The van der Waals surface area contributed by atoms with Crippen LogP contribution in [-0.4, -0.2) is 65.0 Å². The minimum absolute atomic E-state index is 0.0227. The van der Waals surface area contributed by atoms with Gasteiger partial charge in [-0.15, -0.1) is 0 Å². The summed E-state index contributed by atoms with van der Waals surface area (Å²) in [7, 11) is 1.99. The number of piperazine rings is 1. The van der Waals surface area contributed by atoms with E-state index >= 15 is 0 Å². The number of hydrogen-bond donors (Lipinski definition) is 1. The van der Waals surface area contributed by atoms with Crippen LogP contribution < -0.4 is 0 Å². The Morgan fingerprint density at radius 2 is 1.94 bits per heavy atom. The van der Waals surface area contributed by atoms with Gasteiger partial charge in [-0.3, -0.25) is 9.78 Å². The third kappa shape index (κ3) is 2.48. The molecule has 0 aliphatic carbocycles. The fraction of sp³-hybridized carbons (Fsp3) is 0.417. The number of carboxylic acid groups (broad SMARTS) is 1. The van der Waals surface area contributed by atoms with Crippen LogP contribution in [0.3, 0.4) is 0 Å². The van der Waals surface area contributed by atoms with E-state index < -0.39 is 5.97 Å². The van der Waals surface area contributed by atoms with E-state index in [1.54, 1.807) is 4.90 Å². The molecule has 1 aromatic heterocycles. The lowest BCUT2D eigenvalue weighted by atomic mass is 10.1. The third-order valence-corrected chi connectivity index (χ3v) is 3.03. The maximum atomic E-state index is 12.2. The highest BCUT2D eigenvalue weighted by Crippen LogP contribution is 2.10. The highest BCUT2D eigenvalue weighted by Gasteiger charge is 2.25. The monoisotopic (exact) mass is 249 g/mol. The fourth-order valence-electron chi connectivity index (χ4n) is 1.91. The van der Waals surface area contributed by atoms with Gasteiger partial charge < -0.3 is 14.9 Å². The molecule has 1 N–H and O–H groups in total. The summed E-state index contributed by atoms with van der Waals surface area (Å²) in [6.45, 7) is 2.79. The normalized spacial score (nSPS) is 16.6. The zero-order valence-corrected chi connectivity index (χ0v) is 10.2. The molecule has 2 heterocycles. The lowest BCUT2D eigenvalue weighted by Gasteiger charge is -2.32. The summed E-state index contributed by atoms with van der Waals surface area (Å²) in [4.78, 5) is 30.9. The molecule has 1 aliphatic rings. The molecule has 1 amide bonds. The van der Waals surface area contributed by atoms with E-state index in [-0.39, 0.29) is 17.2 Å². The van der Waals surface area contributed by atoms with Gasteiger partial charge in [-0.2, -0.15) is 0 Å². The molecule has 0 saturated carbocycles. The van der Waals surface area contributed by atoms with Gasteiger partial charge in [-0.1, -0.05) is 0 Å². The zero-order valence-electron chi connectivity index (χ0n) is 10.2. The second kappa shape index (κ2) is 5.14. The summed E-state index contributed by atoms with van der Waals surface area (Å²) in [5, 5.41) is 9.04. The average Bonchev–Trinajstić information content (AvgIpc) is 2.39. The van der Waals surface area contributed by atoms with Crippen molar-refractivity contribution in [1.29, 1.82) is 0 Å². The van der Waals surface area contributed by atoms with Crippen LogP contribution in [0.15, 0.2) is 18.3 Å². The molecule has 18 heavy (non-hydrogen) atoms. The molecule has 0 spiro atoms. The van der Waals surface area contributed by atoms with Crippen molar-refractivity contribution < 1.29 is 14.7 Å². The molecule has 2 rings (SSSR count). The molecule has 0 atom stereocenters. The number of nitrogens with zero attached hydrogens (tertiary/aromatic N) is 3. The number of carboxylic acids is 1. The molecule has 0 radical (unpaired) electrons. The number of carbonyl (C=O) groups is 2. The Morgan fingerprint density at radius 1 is 1.28 bits per heavy atom. The van der Waals surface area contributed by atoms with Gasteiger partial charge in [0.05, 0.1) is 5.56 Å². The van der Waals surface area contributed by atoms with Crippen LogP contribution >= 0.6 is 0 Å². The third-order valence-electron chi connectivity index (χ3n) is 3.03. The van der Waals surface area contributed by atoms with E-state index in [1.807, 2.05) is 7.05 Å². The van der Waals surface area contributed by atoms with Crippen molar-refractivity contribution in [3.05, 3.63) is 29.6 Å². The largest absolute Gasteiger partial charge is 0.478 e. The molecular weight excluding hydrogens is 234 g/mol. The van der Waals surface area contributed by atoms with Gasteiger partial charge in [0.15, 0.2) is 0 Å². The van der Waals surface area contributed by atoms with E-state index in [2.05, 4.69) is 9.88 Å². The number of rotatable bonds is 2. The number of hydrogen-bond acceptors (Lipinski definition) is 4. The van der Waals surface area contributed by atoms with Crippen molar-refractivity contribution in [2.45, 2.75) is 0 Å². The molecule has 6 nitrogen and oxygen atoms in total. The van der Waals surface area contributed by atoms with Crippen molar-refractivity contribution >= 4 is 11.9 Å². The Kier molecular flexibility index (Phi) is 3.57.